The quantitative estimate of drug-likeness (QED) is 0.784. The summed E-state index contributed by atoms with van der Waals surface area (Å²) < 4.78 is 63.0. The van der Waals surface area contributed by atoms with Crippen LogP contribution < -0.4 is 10.5 Å². The fourth-order valence-corrected chi connectivity index (χ4v) is 3.02. The lowest BCUT2D eigenvalue weighted by atomic mass is 10.2. The number of alkyl halides is 3. The number of nitrogens with zero attached hydrogens (tertiary/aromatic N) is 1. The van der Waals surface area contributed by atoms with E-state index in [-0.39, 0.29) is 6.54 Å². The van der Waals surface area contributed by atoms with Crippen LogP contribution in [0.5, 0.6) is 0 Å². The molecule has 1 aromatic carbocycles. The van der Waals surface area contributed by atoms with Crippen LogP contribution in [-0.4, -0.2) is 31.5 Å². The SMILES string of the molecule is CC(C)N(Cc1ccccc1N)S(=O)(=O)NCC(F)(F)F. The summed E-state index contributed by atoms with van der Waals surface area (Å²) in [6.45, 7) is 1.44. The summed E-state index contributed by atoms with van der Waals surface area (Å²) >= 11 is 0. The van der Waals surface area contributed by atoms with Gasteiger partial charge in [0.1, 0.15) is 6.54 Å². The number of anilines is 1. The first-order valence-electron chi connectivity index (χ1n) is 6.19. The van der Waals surface area contributed by atoms with Crippen molar-refractivity contribution in [3.63, 3.8) is 0 Å². The molecule has 0 aliphatic heterocycles. The van der Waals surface area contributed by atoms with E-state index in [0.717, 1.165) is 4.31 Å². The van der Waals surface area contributed by atoms with Crippen LogP contribution in [0.15, 0.2) is 24.3 Å². The van der Waals surface area contributed by atoms with Gasteiger partial charge in [-0.2, -0.15) is 30.6 Å². The van der Waals surface area contributed by atoms with Crippen LogP contribution in [0.1, 0.15) is 19.4 Å². The molecule has 0 spiro atoms. The summed E-state index contributed by atoms with van der Waals surface area (Å²) in [7, 11) is -4.26. The number of nitrogens with one attached hydrogen (secondary N) is 1. The summed E-state index contributed by atoms with van der Waals surface area (Å²) in [5, 5.41) is 0. The van der Waals surface area contributed by atoms with Crippen LogP contribution in [0.4, 0.5) is 18.9 Å². The van der Waals surface area contributed by atoms with Crippen molar-refractivity contribution in [2.24, 2.45) is 0 Å². The van der Waals surface area contributed by atoms with E-state index in [1.807, 2.05) is 0 Å². The number of benzene rings is 1. The monoisotopic (exact) mass is 325 g/mol. The van der Waals surface area contributed by atoms with Crippen LogP contribution in [0.3, 0.4) is 0 Å². The topological polar surface area (TPSA) is 75.4 Å². The second kappa shape index (κ2) is 6.63. The molecule has 1 rings (SSSR count). The molecule has 0 heterocycles. The van der Waals surface area contributed by atoms with E-state index in [4.69, 9.17) is 5.73 Å². The maximum absolute atomic E-state index is 12.2. The molecule has 1 aromatic rings. The molecule has 0 saturated carbocycles. The number of para-hydroxylation sites is 1. The highest BCUT2D eigenvalue weighted by atomic mass is 32.2. The third kappa shape index (κ3) is 5.52. The molecule has 0 bridgehead atoms. The van der Waals surface area contributed by atoms with Crippen molar-refractivity contribution in [1.82, 2.24) is 9.03 Å². The Hall–Kier alpha value is -1.32. The minimum Gasteiger partial charge on any atom is -0.398 e. The predicted octanol–water partition coefficient (Wildman–Crippen LogP) is 1.88. The van der Waals surface area contributed by atoms with Crippen LogP contribution in [0, 0.1) is 0 Å². The second-order valence-electron chi connectivity index (χ2n) is 4.78. The Balaban J connectivity index is 2.94. The normalized spacial score (nSPS) is 13.1. The highest BCUT2D eigenvalue weighted by molar-refractivity contribution is 7.87. The molecule has 120 valence electrons. The second-order valence-corrected chi connectivity index (χ2v) is 6.49. The molecule has 21 heavy (non-hydrogen) atoms. The molecule has 0 aliphatic carbocycles. The molecule has 0 aromatic heterocycles. The van der Waals surface area contributed by atoms with Crippen molar-refractivity contribution in [2.45, 2.75) is 32.6 Å². The molecule has 0 aliphatic rings. The standard InChI is InChI=1S/C12H18F3N3O2S/c1-9(2)18(7-10-5-3-4-6-11(10)16)21(19,20)17-8-12(13,14)15/h3-6,9,17H,7-8,16H2,1-2H3. The highest BCUT2D eigenvalue weighted by Crippen LogP contribution is 2.19. The lowest BCUT2D eigenvalue weighted by Gasteiger charge is -2.26. The Morgan fingerprint density at radius 2 is 1.86 bits per heavy atom. The number of hydrogen-bond donors (Lipinski definition) is 2. The van der Waals surface area contributed by atoms with Gasteiger partial charge in [0.25, 0.3) is 10.2 Å². The molecule has 3 N–H and O–H groups in total. The van der Waals surface area contributed by atoms with E-state index in [2.05, 4.69) is 0 Å². The molecular formula is C12H18F3N3O2S. The fraction of sp³-hybridized carbons (Fsp3) is 0.500. The molecule has 0 amide bonds. The fourth-order valence-electron chi connectivity index (χ4n) is 1.65. The zero-order valence-electron chi connectivity index (χ0n) is 11.7. The van der Waals surface area contributed by atoms with E-state index in [1.165, 1.54) is 0 Å². The summed E-state index contributed by atoms with van der Waals surface area (Å²) in [4.78, 5) is 0. The van der Waals surface area contributed by atoms with Gasteiger partial charge >= 0.3 is 6.18 Å². The number of halogens is 3. The summed E-state index contributed by atoms with van der Waals surface area (Å²) in [5.41, 5.74) is 6.65. The molecule has 5 nitrogen and oxygen atoms in total. The average Bonchev–Trinajstić information content (AvgIpc) is 2.34. The van der Waals surface area contributed by atoms with E-state index < -0.39 is 29.0 Å². The zero-order valence-corrected chi connectivity index (χ0v) is 12.5. The number of nitrogen functional groups attached to an aromatic ring is 1. The molecule has 0 atom stereocenters. The lowest BCUT2D eigenvalue weighted by molar-refractivity contribution is -0.121. The first-order valence-corrected chi connectivity index (χ1v) is 7.63. The molecule has 0 fully saturated rings. The van der Waals surface area contributed by atoms with Crippen LogP contribution in [0.25, 0.3) is 0 Å². The van der Waals surface area contributed by atoms with Crippen molar-refractivity contribution in [1.29, 1.82) is 0 Å². The summed E-state index contributed by atoms with van der Waals surface area (Å²) in [6, 6.07) is 6.08. The largest absolute Gasteiger partial charge is 0.402 e. The van der Waals surface area contributed by atoms with Crippen LogP contribution in [0.2, 0.25) is 0 Å². The van der Waals surface area contributed by atoms with Crippen LogP contribution in [-0.2, 0) is 16.8 Å². The van der Waals surface area contributed by atoms with Crippen molar-refractivity contribution >= 4 is 15.9 Å². The Kier molecular flexibility index (Phi) is 5.60. The van der Waals surface area contributed by atoms with E-state index in [9.17, 15) is 21.6 Å². The molecular weight excluding hydrogens is 307 g/mol. The van der Waals surface area contributed by atoms with Gasteiger partial charge in [-0.1, -0.05) is 18.2 Å². The number of rotatable bonds is 6. The van der Waals surface area contributed by atoms with Gasteiger partial charge in [0.15, 0.2) is 0 Å². The molecule has 0 saturated heterocycles. The average molecular weight is 325 g/mol. The lowest BCUT2D eigenvalue weighted by Crippen LogP contribution is -2.46. The molecule has 0 unspecified atom stereocenters. The first kappa shape index (κ1) is 17.7. The minimum atomic E-state index is -4.61. The van der Waals surface area contributed by atoms with Crippen molar-refractivity contribution < 1.29 is 21.6 Å². The van der Waals surface area contributed by atoms with Gasteiger partial charge in [-0.25, -0.2) is 0 Å². The van der Waals surface area contributed by atoms with Gasteiger partial charge in [0.05, 0.1) is 0 Å². The van der Waals surface area contributed by atoms with E-state index in [0.29, 0.717) is 11.3 Å². The minimum absolute atomic E-state index is 0.0997. The third-order valence-corrected chi connectivity index (χ3v) is 4.40. The van der Waals surface area contributed by atoms with E-state index in [1.54, 1.807) is 42.8 Å². The summed E-state index contributed by atoms with van der Waals surface area (Å²) in [5.74, 6) is 0. The van der Waals surface area contributed by atoms with Gasteiger partial charge in [0.2, 0.25) is 0 Å². The Bertz CT molecular complexity index is 573. The Labute approximate surface area is 122 Å². The molecule has 9 heteroatoms. The van der Waals surface area contributed by atoms with Crippen molar-refractivity contribution in [3.05, 3.63) is 29.8 Å². The van der Waals surface area contributed by atoms with Gasteiger partial charge in [-0.3, -0.25) is 0 Å². The summed E-state index contributed by atoms with van der Waals surface area (Å²) in [6.07, 6.45) is -4.61. The predicted molar refractivity (Wildman–Crippen MR) is 74.5 cm³/mol. The zero-order chi connectivity index (χ0) is 16.3. The highest BCUT2D eigenvalue weighted by Gasteiger charge is 2.33. The smallest absolute Gasteiger partial charge is 0.398 e. The molecule has 0 radical (unpaired) electrons. The number of hydrogen-bond acceptors (Lipinski definition) is 3. The van der Waals surface area contributed by atoms with Gasteiger partial charge in [-0.15, -0.1) is 0 Å². The van der Waals surface area contributed by atoms with Crippen LogP contribution >= 0.6 is 0 Å². The van der Waals surface area contributed by atoms with Gasteiger partial charge in [0, 0.05) is 18.3 Å². The van der Waals surface area contributed by atoms with E-state index >= 15 is 0 Å². The van der Waals surface area contributed by atoms with Crippen molar-refractivity contribution in [2.75, 3.05) is 12.3 Å². The maximum Gasteiger partial charge on any atom is 0.402 e. The van der Waals surface area contributed by atoms with Gasteiger partial charge < -0.3 is 5.73 Å². The first-order chi connectivity index (χ1) is 9.53. The number of nitrogens with two attached hydrogens (primary N) is 1. The van der Waals surface area contributed by atoms with Gasteiger partial charge in [-0.05, 0) is 25.5 Å². The third-order valence-electron chi connectivity index (χ3n) is 2.72. The Morgan fingerprint density at radius 3 is 2.33 bits per heavy atom. The van der Waals surface area contributed by atoms with Crippen molar-refractivity contribution in [3.8, 4) is 0 Å². The maximum atomic E-state index is 12.2. The Morgan fingerprint density at radius 1 is 1.29 bits per heavy atom.